The molecule has 1 N–H and O–H groups in total. The summed E-state index contributed by atoms with van der Waals surface area (Å²) >= 11 is 0. The van der Waals surface area contributed by atoms with Crippen LogP contribution in [-0.2, 0) is 19.4 Å². The van der Waals surface area contributed by atoms with Crippen molar-refractivity contribution in [1.82, 2.24) is 0 Å². The predicted molar refractivity (Wildman–Crippen MR) is 61.5 cm³/mol. The number of sulfone groups is 1. The Morgan fingerprint density at radius 3 is 2.59 bits per heavy atom. The highest BCUT2D eigenvalue weighted by atomic mass is 32.2. The molecule has 0 aromatic heterocycles. The molecule has 0 amide bonds. The van der Waals surface area contributed by atoms with Crippen LogP contribution in [0.25, 0.3) is 0 Å². The number of ether oxygens (including phenoxy) is 1. The molecule has 2 aliphatic rings. The predicted octanol–water partition coefficient (Wildman–Crippen LogP) is 0.691. The van der Waals surface area contributed by atoms with E-state index in [0.29, 0.717) is 18.9 Å². The molecule has 98 valence electrons. The molecule has 17 heavy (non-hydrogen) atoms. The van der Waals surface area contributed by atoms with Crippen LogP contribution in [0.15, 0.2) is 0 Å². The molecular weight excluding hydrogens is 244 g/mol. The van der Waals surface area contributed by atoms with Gasteiger partial charge in [0.25, 0.3) is 0 Å². The van der Waals surface area contributed by atoms with Crippen LogP contribution in [0.5, 0.6) is 0 Å². The normalized spacial score (nSPS) is 33.8. The van der Waals surface area contributed by atoms with Crippen LogP contribution in [0.3, 0.4) is 0 Å². The molecule has 1 aliphatic carbocycles. The van der Waals surface area contributed by atoms with Crippen molar-refractivity contribution < 1.29 is 23.1 Å². The first-order valence-electron chi connectivity index (χ1n) is 5.88. The third-order valence-electron chi connectivity index (χ3n) is 3.79. The molecule has 2 atom stereocenters. The lowest BCUT2D eigenvalue weighted by Gasteiger charge is -2.29. The molecule has 2 rings (SSSR count). The van der Waals surface area contributed by atoms with Crippen LogP contribution in [0.4, 0.5) is 0 Å². The summed E-state index contributed by atoms with van der Waals surface area (Å²) in [5.74, 6) is -0.671. The molecule has 2 fully saturated rings. The zero-order valence-electron chi connectivity index (χ0n) is 9.89. The number of rotatable bonds is 5. The van der Waals surface area contributed by atoms with Crippen molar-refractivity contribution in [3.05, 3.63) is 0 Å². The van der Waals surface area contributed by atoms with Crippen molar-refractivity contribution in [3.63, 3.8) is 0 Å². The minimum absolute atomic E-state index is 0.0775. The lowest BCUT2D eigenvalue weighted by atomic mass is 9.76. The third-order valence-corrected chi connectivity index (χ3v) is 4.73. The van der Waals surface area contributed by atoms with Crippen LogP contribution in [-0.4, -0.2) is 44.2 Å². The van der Waals surface area contributed by atoms with E-state index in [1.165, 1.54) is 0 Å². The van der Waals surface area contributed by atoms with Crippen molar-refractivity contribution in [2.75, 3.05) is 18.6 Å². The van der Waals surface area contributed by atoms with Gasteiger partial charge in [0.2, 0.25) is 0 Å². The highest BCUT2D eigenvalue weighted by Gasteiger charge is 2.55. The van der Waals surface area contributed by atoms with E-state index < -0.39 is 21.2 Å². The number of aliphatic carboxylic acids is 1. The largest absolute Gasteiger partial charge is 0.481 e. The van der Waals surface area contributed by atoms with Gasteiger partial charge in [-0.2, -0.15) is 0 Å². The van der Waals surface area contributed by atoms with Crippen molar-refractivity contribution in [3.8, 4) is 0 Å². The number of carbonyl (C=O) groups is 1. The van der Waals surface area contributed by atoms with E-state index in [1.54, 1.807) is 0 Å². The van der Waals surface area contributed by atoms with Crippen LogP contribution in [0, 0.1) is 11.3 Å². The fraction of sp³-hybridized carbons (Fsp3) is 0.909. The monoisotopic (exact) mass is 262 g/mol. The maximum atomic E-state index is 11.5. The molecule has 2 unspecified atom stereocenters. The summed E-state index contributed by atoms with van der Waals surface area (Å²) in [5, 5.41) is 9.43. The SMILES string of the molecule is CS(=O)(=O)CCC1(C(=O)O)CCOC1C1CC1. The molecule has 0 aromatic rings. The van der Waals surface area contributed by atoms with Crippen molar-refractivity contribution in [1.29, 1.82) is 0 Å². The fourth-order valence-electron chi connectivity index (χ4n) is 2.63. The molecule has 0 spiro atoms. The Morgan fingerprint density at radius 1 is 1.47 bits per heavy atom. The average Bonchev–Trinajstić information content (AvgIpc) is 2.94. The smallest absolute Gasteiger partial charge is 0.312 e. The maximum Gasteiger partial charge on any atom is 0.312 e. The van der Waals surface area contributed by atoms with E-state index in [9.17, 15) is 18.3 Å². The van der Waals surface area contributed by atoms with Gasteiger partial charge < -0.3 is 9.84 Å². The highest BCUT2D eigenvalue weighted by Crippen LogP contribution is 2.49. The minimum Gasteiger partial charge on any atom is -0.481 e. The molecule has 1 saturated carbocycles. The summed E-state index contributed by atoms with van der Waals surface area (Å²) in [6.07, 6.45) is 3.45. The summed E-state index contributed by atoms with van der Waals surface area (Å²) in [4.78, 5) is 11.5. The lowest BCUT2D eigenvalue weighted by Crippen LogP contribution is -2.41. The van der Waals surface area contributed by atoms with Gasteiger partial charge in [0.15, 0.2) is 0 Å². The van der Waals surface area contributed by atoms with E-state index in [1.807, 2.05) is 0 Å². The Kier molecular flexibility index (Phi) is 3.20. The quantitative estimate of drug-likeness (QED) is 0.788. The Morgan fingerprint density at radius 2 is 2.12 bits per heavy atom. The number of hydrogen-bond donors (Lipinski definition) is 1. The Hall–Kier alpha value is -0.620. The van der Waals surface area contributed by atoms with E-state index >= 15 is 0 Å². The van der Waals surface area contributed by atoms with Crippen LogP contribution < -0.4 is 0 Å². The fourth-order valence-corrected chi connectivity index (χ4v) is 3.36. The number of hydrogen-bond acceptors (Lipinski definition) is 4. The summed E-state index contributed by atoms with van der Waals surface area (Å²) in [6.45, 7) is 0.428. The zero-order chi connectivity index (χ0) is 12.7. The Labute approximate surface area is 101 Å². The standard InChI is InChI=1S/C11H18O5S/c1-17(14,15)7-5-11(10(12)13)4-6-16-9(11)8-2-3-8/h8-9H,2-7H2,1H3,(H,12,13). The lowest BCUT2D eigenvalue weighted by molar-refractivity contribution is -0.153. The summed E-state index contributed by atoms with van der Waals surface area (Å²) < 4.78 is 28.0. The first kappa shape index (κ1) is 12.8. The molecule has 6 heteroatoms. The van der Waals surface area contributed by atoms with Gasteiger partial charge >= 0.3 is 5.97 Å². The van der Waals surface area contributed by atoms with Gasteiger partial charge in [-0.15, -0.1) is 0 Å². The third kappa shape index (κ3) is 2.63. The number of carboxylic acid groups (broad SMARTS) is 1. The topological polar surface area (TPSA) is 80.7 Å². The van der Waals surface area contributed by atoms with E-state index in [-0.39, 0.29) is 18.3 Å². The molecular formula is C11H18O5S. The van der Waals surface area contributed by atoms with Crippen molar-refractivity contribution in [2.24, 2.45) is 11.3 Å². The van der Waals surface area contributed by atoms with Gasteiger partial charge in [0, 0.05) is 12.9 Å². The van der Waals surface area contributed by atoms with Gasteiger partial charge in [0.05, 0.1) is 17.3 Å². The van der Waals surface area contributed by atoms with E-state index in [2.05, 4.69) is 0 Å². The molecule has 0 radical (unpaired) electrons. The summed E-state index contributed by atoms with van der Waals surface area (Å²) in [5.41, 5.74) is -0.982. The van der Waals surface area contributed by atoms with Crippen LogP contribution in [0.2, 0.25) is 0 Å². The Bertz CT molecular complexity index is 412. The summed E-state index contributed by atoms with van der Waals surface area (Å²) in [7, 11) is -3.13. The maximum absolute atomic E-state index is 11.5. The van der Waals surface area contributed by atoms with Crippen molar-refractivity contribution in [2.45, 2.75) is 31.8 Å². The molecule has 5 nitrogen and oxygen atoms in total. The van der Waals surface area contributed by atoms with Gasteiger partial charge in [-0.05, 0) is 31.6 Å². The van der Waals surface area contributed by atoms with E-state index in [4.69, 9.17) is 4.74 Å². The highest BCUT2D eigenvalue weighted by molar-refractivity contribution is 7.90. The molecule has 1 saturated heterocycles. The second-order valence-electron chi connectivity index (χ2n) is 5.22. The second kappa shape index (κ2) is 4.24. The molecule has 0 bridgehead atoms. The number of carboxylic acids is 1. The van der Waals surface area contributed by atoms with Gasteiger partial charge in [-0.3, -0.25) is 4.79 Å². The molecule has 1 heterocycles. The second-order valence-corrected chi connectivity index (χ2v) is 7.48. The van der Waals surface area contributed by atoms with Gasteiger partial charge in [0.1, 0.15) is 9.84 Å². The van der Waals surface area contributed by atoms with Gasteiger partial charge in [-0.1, -0.05) is 0 Å². The molecule has 1 aliphatic heterocycles. The Balaban J connectivity index is 2.16. The van der Waals surface area contributed by atoms with Crippen LogP contribution >= 0.6 is 0 Å². The van der Waals surface area contributed by atoms with Crippen molar-refractivity contribution >= 4 is 15.8 Å². The van der Waals surface area contributed by atoms with E-state index in [0.717, 1.165) is 19.1 Å². The first-order valence-corrected chi connectivity index (χ1v) is 7.94. The van der Waals surface area contributed by atoms with Crippen LogP contribution in [0.1, 0.15) is 25.7 Å². The summed E-state index contributed by atoms with van der Waals surface area (Å²) in [6, 6.07) is 0. The van der Waals surface area contributed by atoms with Gasteiger partial charge in [-0.25, -0.2) is 8.42 Å². The zero-order valence-corrected chi connectivity index (χ0v) is 10.7. The minimum atomic E-state index is -3.13. The molecule has 0 aromatic carbocycles. The first-order chi connectivity index (χ1) is 7.85. The average molecular weight is 262 g/mol.